The van der Waals surface area contributed by atoms with Gasteiger partial charge < -0.3 is 4.84 Å². The van der Waals surface area contributed by atoms with E-state index in [-0.39, 0.29) is 6.73 Å². The lowest BCUT2D eigenvalue weighted by Gasteiger charge is -2.25. The van der Waals surface area contributed by atoms with E-state index >= 15 is 0 Å². The van der Waals surface area contributed by atoms with Gasteiger partial charge in [-0.1, -0.05) is 17.0 Å². The van der Waals surface area contributed by atoms with Gasteiger partial charge in [0.15, 0.2) is 6.73 Å². The molecule has 0 bridgehead atoms. The van der Waals surface area contributed by atoms with Gasteiger partial charge in [0.25, 0.3) is 0 Å². The highest BCUT2D eigenvalue weighted by Gasteiger charge is 2.33. The molecule has 0 aliphatic rings. The van der Waals surface area contributed by atoms with Crippen molar-refractivity contribution in [3.05, 3.63) is 24.3 Å². The quantitative estimate of drug-likeness (QED) is 0.363. The Morgan fingerprint density at radius 3 is 2.29 bits per heavy atom. The third kappa shape index (κ3) is 5.21. The van der Waals surface area contributed by atoms with E-state index in [0.717, 1.165) is 0 Å². The smallest absolute Gasteiger partial charge is 0.377 e. The van der Waals surface area contributed by atoms with E-state index in [1.165, 1.54) is 27.1 Å². The molecule has 24 heavy (non-hydrogen) atoms. The summed E-state index contributed by atoms with van der Waals surface area (Å²) in [6.45, 7) is -0.0923. The van der Waals surface area contributed by atoms with Crippen molar-refractivity contribution in [1.82, 2.24) is 30.3 Å². The van der Waals surface area contributed by atoms with Crippen LogP contribution in [0, 0.1) is 0 Å². The Labute approximate surface area is 139 Å². The molecule has 0 atom stereocenters. The molecule has 0 saturated heterocycles. The summed E-state index contributed by atoms with van der Waals surface area (Å²) in [5, 5.41) is 11.5. The molecule has 2 rings (SSSR count). The molecule has 2 aromatic rings. The summed E-state index contributed by atoms with van der Waals surface area (Å²) in [7, 11) is 3.88. The standard InChI is InChI=1S/C12H21N6O5P/c1-15(2)21-24(19,22-16(3)4)23-17(5)10-20-18-12-9-7-6-8-11(12)13-14-18/h6-9H,10H2,1-5H3. The van der Waals surface area contributed by atoms with Crippen LogP contribution in [0.2, 0.25) is 0 Å². The number of para-hydroxylation sites is 1. The normalized spacial score (nSPS) is 12.7. The van der Waals surface area contributed by atoms with Crippen molar-refractivity contribution >= 4 is 18.9 Å². The zero-order chi connectivity index (χ0) is 17.7. The second-order valence-electron chi connectivity index (χ2n) is 5.15. The molecule has 1 aromatic heterocycles. The van der Waals surface area contributed by atoms with Crippen molar-refractivity contribution in [2.24, 2.45) is 0 Å². The highest BCUT2D eigenvalue weighted by Crippen LogP contribution is 2.50. The molecule has 0 aliphatic carbocycles. The van der Waals surface area contributed by atoms with Crippen LogP contribution in [0.25, 0.3) is 11.0 Å². The van der Waals surface area contributed by atoms with Crippen LogP contribution < -0.4 is 4.84 Å². The maximum atomic E-state index is 12.5. The van der Waals surface area contributed by atoms with Crippen LogP contribution in [0.4, 0.5) is 0 Å². The van der Waals surface area contributed by atoms with Crippen molar-refractivity contribution < 1.29 is 23.3 Å². The third-order valence-electron chi connectivity index (χ3n) is 2.45. The lowest BCUT2D eigenvalue weighted by Crippen LogP contribution is -2.30. The van der Waals surface area contributed by atoms with Crippen molar-refractivity contribution in [2.75, 3.05) is 42.0 Å². The van der Waals surface area contributed by atoms with E-state index in [4.69, 9.17) is 18.7 Å². The zero-order valence-corrected chi connectivity index (χ0v) is 15.1. The average molecular weight is 360 g/mol. The molecule has 134 valence electrons. The highest BCUT2D eigenvalue weighted by atomic mass is 31.2. The second kappa shape index (κ2) is 7.99. The lowest BCUT2D eigenvalue weighted by atomic mass is 10.3. The summed E-state index contributed by atoms with van der Waals surface area (Å²) in [6, 6.07) is 7.32. The first kappa shape index (κ1) is 18.7. The predicted molar refractivity (Wildman–Crippen MR) is 85.0 cm³/mol. The molecule has 0 unspecified atom stereocenters. The third-order valence-corrected chi connectivity index (χ3v) is 3.98. The van der Waals surface area contributed by atoms with Gasteiger partial charge in [0, 0.05) is 35.2 Å². The maximum Gasteiger partial charge on any atom is 0.525 e. The van der Waals surface area contributed by atoms with Crippen molar-refractivity contribution in [2.45, 2.75) is 0 Å². The predicted octanol–water partition coefficient (Wildman–Crippen LogP) is 0.775. The molecule has 0 aliphatic heterocycles. The van der Waals surface area contributed by atoms with Gasteiger partial charge in [-0.05, 0) is 17.3 Å². The number of fused-ring (bicyclic) bond motifs is 1. The van der Waals surface area contributed by atoms with Gasteiger partial charge in [-0.25, -0.2) is 4.57 Å². The van der Waals surface area contributed by atoms with Crippen LogP contribution in [0.1, 0.15) is 0 Å². The van der Waals surface area contributed by atoms with Crippen molar-refractivity contribution in [3.63, 3.8) is 0 Å². The van der Waals surface area contributed by atoms with E-state index in [1.807, 2.05) is 24.3 Å². The summed E-state index contributed by atoms with van der Waals surface area (Å²) in [4.78, 5) is 6.71. The highest BCUT2D eigenvalue weighted by molar-refractivity contribution is 7.48. The van der Waals surface area contributed by atoms with Gasteiger partial charge in [0.1, 0.15) is 11.0 Å². The number of phosphoric acid groups is 1. The van der Waals surface area contributed by atoms with Gasteiger partial charge in [0.2, 0.25) is 0 Å². The van der Waals surface area contributed by atoms with Crippen LogP contribution >= 0.6 is 7.82 Å². The number of nitrogens with zero attached hydrogens (tertiary/aromatic N) is 6. The van der Waals surface area contributed by atoms with Gasteiger partial charge in [0.05, 0.1) is 0 Å². The van der Waals surface area contributed by atoms with Gasteiger partial charge in [-0.2, -0.15) is 24.0 Å². The Balaban J connectivity index is 1.97. The number of hydroxylamine groups is 6. The fourth-order valence-electron chi connectivity index (χ4n) is 1.72. The first-order valence-corrected chi connectivity index (χ1v) is 8.44. The Hall–Kier alpha value is -1.59. The topological polar surface area (TPSA) is 94.4 Å². The van der Waals surface area contributed by atoms with Crippen LogP contribution in [0.3, 0.4) is 0 Å². The molecule has 0 N–H and O–H groups in total. The number of aromatic nitrogens is 3. The van der Waals surface area contributed by atoms with E-state index in [0.29, 0.717) is 11.0 Å². The fraction of sp³-hybridized carbons (Fsp3) is 0.500. The van der Waals surface area contributed by atoms with Gasteiger partial charge >= 0.3 is 7.82 Å². The van der Waals surface area contributed by atoms with Crippen LogP contribution in [-0.2, 0) is 18.4 Å². The Morgan fingerprint density at radius 1 is 1.04 bits per heavy atom. The number of benzene rings is 1. The molecule has 0 amide bonds. The number of hydrogen-bond acceptors (Lipinski definition) is 10. The van der Waals surface area contributed by atoms with Crippen molar-refractivity contribution in [1.29, 1.82) is 0 Å². The van der Waals surface area contributed by atoms with Crippen LogP contribution in [0.15, 0.2) is 24.3 Å². The largest absolute Gasteiger partial charge is 0.525 e. The molecule has 1 heterocycles. The number of rotatable bonds is 9. The van der Waals surface area contributed by atoms with Crippen LogP contribution in [0.5, 0.6) is 0 Å². The first-order chi connectivity index (χ1) is 11.3. The molecule has 0 fully saturated rings. The van der Waals surface area contributed by atoms with E-state index < -0.39 is 7.82 Å². The minimum Gasteiger partial charge on any atom is -0.377 e. The van der Waals surface area contributed by atoms with E-state index in [2.05, 4.69) is 10.3 Å². The summed E-state index contributed by atoms with van der Waals surface area (Å²) in [5.41, 5.74) is 1.39. The van der Waals surface area contributed by atoms with Gasteiger partial charge in [-0.3, -0.25) is 0 Å². The zero-order valence-electron chi connectivity index (χ0n) is 14.2. The molecule has 1 aromatic carbocycles. The van der Waals surface area contributed by atoms with Crippen molar-refractivity contribution in [3.8, 4) is 0 Å². The number of hydrogen-bond donors (Lipinski definition) is 0. The average Bonchev–Trinajstić information content (AvgIpc) is 2.86. The minimum absolute atomic E-state index is 0.0923. The molecule has 12 heteroatoms. The summed E-state index contributed by atoms with van der Waals surface area (Å²) < 4.78 is 28.0. The summed E-state index contributed by atoms with van der Waals surface area (Å²) in [5.74, 6) is 0. The molecular formula is C12H21N6O5P. The molecule has 0 spiro atoms. The fourth-order valence-corrected chi connectivity index (χ4v) is 3.00. The molecule has 11 nitrogen and oxygen atoms in total. The SMILES string of the molecule is CN(C)OP(=O)(ON(C)C)ON(C)COn1nnc2ccccc21. The Kier molecular flexibility index (Phi) is 6.24. The monoisotopic (exact) mass is 360 g/mol. The Morgan fingerprint density at radius 2 is 1.67 bits per heavy atom. The second-order valence-corrected chi connectivity index (χ2v) is 6.54. The maximum absolute atomic E-state index is 12.5. The van der Waals surface area contributed by atoms with Gasteiger partial charge in [-0.15, -0.1) is 10.2 Å². The molecular weight excluding hydrogens is 339 g/mol. The van der Waals surface area contributed by atoms with E-state index in [9.17, 15) is 4.57 Å². The molecule has 0 radical (unpaired) electrons. The summed E-state index contributed by atoms with van der Waals surface area (Å²) >= 11 is 0. The van der Waals surface area contributed by atoms with E-state index in [1.54, 1.807) is 28.2 Å². The molecule has 0 saturated carbocycles. The van der Waals surface area contributed by atoms with Crippen LogP contribution in [-0.4, -0.2) is 72.3 Å². The lowest BCUT2D eigenvalue weighted by molar-refractivity contribution is -0.182. The minimum atomic E-state index is -3.89. The first-order valence-electron chi connectivity index (χ1n) is 6.98. The Bertz CT molecular complexity index is 694. The summed E-state index contributed by atoms with van der Waals surface area (Å²) in [6.07, 6.45) is 0.